The van der Waals surface area contributed by atoms with Crippen LogP contribution in [0.4, 0.5) is 4.39 Å². The molecule has 2 heterocycles. The number of nitrogens with zero attached hydrogens (tertiary/aromatic N) is 2. The van der Waals surface area contributed by atoms with Crippen molar-refractivity contribution in [3.63, 3.8) is 0 Å². The zero-order chi connectivity index (χ0) is 19.1. The number of para-hydroxylation sites is 1. The molecule has 2 unspecified atom stereocenters. The van der Waals surface area contributed by atoms with Crippen LogP contribution in [0, 0.1) is 5.82 Å². The van der Waals surface area contributed by atoms with E-state index in [9.17, 15) is 4.39 Å². The van der Waals surface area contributed by atoms with Crippen LogP contribution in [0.2, 0.25) is 0 Å². The molecule has 2 atom stereocenters. The maximum Gasteiger partial charge on any atom is 0.213 e. The molecule has 28 heavy (non-hydrogen) atoms. The fraction of sp³-hybridized carbons (Fsp3) is 0.174. The van der Waals surface area contributed by atoms with Gasteiger partial charge in [0.2, 0.25) is 6.23 Å². The van der Waals surface area contributed by atoms with Crippen LogP contribution in [-0.2, 0) is 0 Å². The van der Waals surface area contributed by atoms with Crippen molar-refractivity contribution < 1.29 is 13.9 Å². The summed E-state index contributed by atoms with van der Waals surface area (Å²) >= 11 is 0. The standard InChI is InChI=1S/C23H19FN2O2/c1-27-18-11-9-15(10-12-18)20-14-21-19-7-2-3-8-22(19)28-23(26(21)25-20)16-5-4-6-17(24)13-16/h2-13,21,23H,14H2,1H3. The minimum absolute atomic E-state index is 0.0512. The van der Waals surface area contributed by atoms with Gasteiger partial charge in [-0.1, -0.05) is 30.3 Å². The van der Waals surface area contributed by atoms with Crippen LogP contribution < -0.4 is 9.47 Å². The van der Waals surface area contributed by atoms with Gasteiger partial charge in [-0.3, -0.25) is 0 Å². The predicted molar refractivity (Wildman–Crippen MR) is 105 cm³/mol. The predicted octanol–water partition coefficient (Wildman–Crippen LogP) is 5.08. The van der Waals surface area contributed by atoms with Gasteiger partial charge in [-0.25, -0.2) is 9.40 Å². The second-order valence-electron chi connectivity index (χ2n) is 6.94. The molecule has 2 aliphatic heterocycles. The summed E-state index contributed by atoms with van der Waals surface area (Å²) in [4.78, 5) is 0. The lowest BCUT2D eigenvalue weighted by Gasteiger charge is -2.38. The van der Waals surface area contributed by atoms with Crippen LogP contribution in [0.15, 0.2) is 77.9 Å². The molecule has 0 saturated carbocycles. The van der Waals surface area contributed by atoms with E-state index in [1.165, 1.54) is 12.1 Å². The first kappa shape index (κ1) is 16.8. The van der Waals surface area contributed by atoms with Crippen LogP contribution in [0.25, 0.3) is 0 Å². The summed E-state index contributed by atoms with van der Waals surface area (Å²) in [7, 11) is 1.65. The van der Waals surface area contributed by atoms with Gasteiger partial charge in [-0.15, -0.1) is 0 Å². The third-order valence-electron chi connectivity index (χ3n) is 5.26. The molecule has 0 bridgehead atoms. The van der Waals surface area contributed by atoms with Gasteiger partial charge in [0.05, 0.1) is 18.9 Å². The molecule has 0 N–H and O–H groups in total. The number of benzene rings is 3. The van der Waals surface area contributed by atoms with Crippen LogP contribution in [-0.4, -0.2) is 17.8 Å². The first-order valence-corrected chi connectivity index (χ1v) is 9.24. The van der Waals surface area contributed by atoms with Crippen molar-refractivity contribution in [2.75, 3.05) is 7.11 Å². The Bertz CT molecular complexity index is 1050. The van der Waals surface area contributed by atoms with E-state index in [4.69, 9.17) is 14.6 Å². The molecule has 5 rings (SSSR count). The van der Waals surface area contributed by atoms with Gasteiger partial charge in [-0.2, -0.15) is 5.10 Å². The van der Waals surface area contributed by atoms with Crippen LogP contribution in [0.3, 0.4) is 0 Å². The number of hydrogen-bond acceptors (Lipinski definition) is 4. The number of methoxy groups -OCH3 is 1. The molecule has 0 radical (unpaired) electrons. The molecule has 0 saturated heterocycles. The summed E-state index contributed by atoms with van der Waals surface area (Å²) in [5.41, 5.74) is 3.88. The van der Waals surface area contributed by atoms with Crippen molar-refractivity contribution >= 4 is 5.71 Å². The second-order valence-corrected chi connectivity index (χ2v) is 6.94. The van der Waals surface area contributed by atoms with E-state index in [2.05, 4.69) is 6.07 Å². The van der Waals surface area contributed by atoms with Crippen molar-refractivity contribution in [1.29, 1.82) is 0 Å². The largest absolute Gasteiger partial charge is 0.497 e. The topological polar surface area (TPSA) is 34.1 Å². The Morgan fingerprint density at radius 3 is 2.64 bits per heavy atom. The van der Waals surface area contributed by atoms with Crippen molar-refractivity contribution in [3.05, 3.63) is 95.3 Å². The number of halogens is 1. The highest BCUT2D eigenvalue weighted by molar-refractivity contribution is 6.02. The monoisotopic (exact) mass is 374 g/mol. The molecule has 0 spiro atoms. The summed E-state index contributed by atoms with van der Waals surface area (Å²) < 4.78 is 25.3. The molecule has 5 heteroatoms. The Balaban J connectivity index is 1.57. The highest BCUT2D eigenvalue weighted by Gasteiger charge is 2.40. The van der Waals surface area contributed by atoms with E-state index in [0.29, 0.717) is 0 Å². The summed E-state index contributed by atoms with van der Waals surface area (Å²) in [5.74, 6) is 1.35. The van der Waals surface area contributed by atoms with Gasteiger partial charge >= 0.3 is 0 Å². The molecule has 0 amide bonds. The van der Waals surface area contributed by atoms with Crippen molar-refractivity contribution in [2.45, 2.75) is 18.7 Å². The average molecular weight is 374 g/mol. The minimum Gasteiger partial charge on any atom is -0.497 e. The Labute approximate surface area is 162 Å². The first-order valence-electron chi connectivity index (χ1n) is 9.24. The maximum absolute atomic E-state index is 13.9. The molecule has 0 fully saturated rings. The Morgan fingerprint density at radius 1 is 1.04 bits per heavy atom. The van der Waals surface area contributed by atoms with E-state index in [1.54, 1.807) is 13.2 Å². The zero-order valence-electron chi connectivity index (χ0n) is 15.4. The lowest BCUT2D eigenvalue weighted by molar-refractivity contribution is -0.0192. The summed E-state index contributed by atoms with van der Waals surface area (Å²) in [6.45, 7) is 0. The molecule has 3 aromatic rings. The van der Waals surface area contributed by atoms with Gasteiger partial charge in [-0.05, 0) is 48.0 Å². The fourth-order valence-corrected chi connectivity index (χ4v) is 3.87. The Morgan fingerprint density at radius 2 is 1.86 bits per heavy atom. The summed E-state index contributed by atoms with van der Waals surface area (Å²) in [5, 5.41) is 6.84. The number of rotatable bonds is 3. The summed E-state index contributed by atoms with van der Waals surface area (Å²) in [6, 6.07) is 22.5. The number of ether oxygens (including phenoxy) is 2. The van der Waals surface area contributed by atoms with Gasteiger partial charge in [0.25, 0.3) is 0 Å². The normalized spacial score (nSPS) is 20.1. The third kappa shape index (κ3) is 2.80. The average Bonchev–Trinajstić information content (AvgIpc) is 3.19. The Kier molecular flexibility index (Phi) is 4.01. The molecule has 0 aliphatic carbocycles. The van der Waals surface area contributed by atoms with Crippen molar-refractivity contribution in [1.82, 2.24) is 5.01 Å². The van der Waals surface area contributed by atoms with E-state index in [1.807, 2.05) is 53.5 Å². The Hall–Kier alpha value is -3.34. The van der Waals surface area contributed by atoms with Crippen LogP contribution >= 0.6 is 0 Å². The molecule has 0 aromatic heterocycles. The smallest absolute Gasteiger partial charge is 0.213 e. The van der Waals surface area contributed by atoms with Crippen LogP contribution in [0.5, 0.6) is 11.5 Å². The fourth-order valence-electron chi connectivity index (χ4n) is 3.87. The molecule has 140 valence electrons. The molecule has 2 aliphatic rings. The second kappa shape index (κ2) is 6.68. The lowest BCUT2D eigenvalue weighted by Crippen LogP contribution is -2.33. The van der Waals surface area contributed by atoms with Gasteiger partial charge in [0, 0.05) is 17.5 Å². The maximum atomic E-state index is 13.9. The molecule has 3 aromatic carbocycles. The van der Waals surface area contributed by atoms with Gasteiger partial charge in [0.1, 0.15) is 17.3 Å². The number of hydrazone groups is 1. The first-order chi connectivity index (χ1) is 13.7. The van der Waals surface area contributed by atoms with E-state index < -0.39 is 6.23 Å². The number of hydrogen-bond donors (Lipinski definition) is 0. The molecular weight excluding hydrogens is 355 g/mol. The quantitative estimate of drug-likeness (QED) is 0.641. The van der Waals surface area contributed by atoms with E-state index in [-0.39, 0.29) is 11.9 Å². The lowest BCUT2D eigenvalue weighted by atomic mass is 9.96. The number of fused-ring (bicyclic) bond motifs is 3. The SMILES string of the molecule is COc1ccc(C2=NN3C(C2)c2ccccc2OC3c2cccc(F)c2)cc1. The zero-order valence-corrected chi connectivity index (χ0v) is 15.4. The highest BCUT2D eigenvalue weighted by Crippen LogP contribution is 2.47. The van der Waals surface area contributed by atoms with Crippen molar-refractivity contribution in [3.8, 4) is 11.5 Å². The van der Waals surface area contributed by atoms with Crippen LogP contribution in [0.1, 0.15) is 35.4 Å². The minimum atomic E-state index is -0.466. The van der Waals surface area contributed by atoms with E-state index >= 15 is 0 Å². The van der Waals surface area contributed by atoms with Gasteiger partial charge in [0.15, 0.2) is 0 Å². The summed E-state index contributed by atoms with van der Waals surface area (Å²) in [6.07, 6.45) is 0.296. The third-order valence-corrected chi connectivity index (χ3v) is 5.26. The van der Waals surface area contributed by atoms with E-state index in [0.717, 1.165) is 40.3 Å². The van der Waals surface area contributed by atoms with Gasteiger partial charge < -0.3 is 9.47 Å². The molecular formula is C23H19FN2O2. The van der Waals surface area contributed by atoms with Crippen molar-refractivity contribution in [2.24, 2.45) is 5.10 Å². The molecule has 4 nitrogen and oxygen atoms in total. The highest BCUT2D eigenvalue weighted by atomic mass is 19.1.